The summed E-state index contributed by atoms with van der Waals surface area (Å²) < 4.78 is 10.6. The van der Waals surface area contributed by atoms with Gasteiger partial charge >= 0.3 is 0 Å². The number of aromatic nitrogens is 2. The van der Waals surface area contributed by atoms with Crippen LogP contribution in [0.1, 0.15) is 19.7 Å². The number of nitrogens with zero attached hydrogens (tertiary/aromatic N) is 3. The predicted octanol–water partition coefficient (Wildman–Crippen LogP) is 1.29. The molecule has 1 N–H and O–H groups in total. The highest BCUT2D eigenvalue weighted by atomic mass is 35.5. The monoisotopic (exact) mass is 301 g/mol. The Hall–Kier alpha value is -1.11. The van der Waals surface area contributed by atoms with Crippen LogP contribution in [0.5, 0.6) is 5.75 Å². The molecule has 0 spiro atoms. The van der Waals surface area contributed by atoms with Gasteiger partial charge in [0.1, 0.15) is 5.82 Å². The van der Waals surface area contributed by atoms with Gasteiger partial charge < -0.3 is 19.5 Å². The second kappa shape index (κ2) is 6.11. The Morgan fingerprint density at radius 2 is 2.00 bits per heavy atom. The van der Waals surface area contributed by atoms with Crippen molar-refractivity contribution in [2.75, 3.05) is 38.3 Å². The molecular formula is C13H20ClN3O3. The average Bonchev–Trinajstić information content (AvgIpc) is 2.37. The van der Waals surface area contributed by atoms with Crippen molar-refractivity contribution in [3.63, 3.8) is 0 Å². The third-order valence-corrected chi connectivity index (χ3v) is 3.21. The summed E-state index contributed by atoms with van der Waals surface area (Å²) in [7, 11) is 1.55. The Labute approximate surface area is 123 Å². The van der Waals surface area contributed by atoms with Gasteiger partial charge in [0.25, 0.3) is 0 Å². The van der Waals surface area contributed by atoms with E-state index >= 15 is 0 Å². The van der Waals surface area contributed by atoms with Gasteiger partial charge in [-0.3, -0.25) is 0 Å². The Kier molecular flexibility index (Phi) is 4.67. The number of methoxy groups -OCH3 is 1. The van der Waals surface area contributed by atoms with Crippen LogP contribution in [-0.4, -0.2) is 54.1 Å². The molecule has 1 aliphatic heterocycles. The molecule has 1 fully saturated rings. The maximum atomic E-state index is 9.90. The van der Waals surface area contributed by atoms with Crippen molar-refractivity contribution in [1.29, 1.82) is 0 Å². The highest BCUT2D eigenvalue weighted by Crippen LogP contribution is 2.33. The molecule has 1 aromatic heterocycles. The van der Waals surface area contributed by atoms with E-state index < -0.39 is 5.60 Å². The van der Waals surface area contributed by atoms with E-state index in [1.54, 1.807) is 21.0 Å². The molecule has 0 atom stereocenters. The Bertz CT molecular complexity index is 471. The van der Waals surface area contributed by atoms with Crippen LogP contribution in [0.15, 0.2) is 0 Å². The molecule has 0 unspecified atom stereocenters. The zero-order valence-corrected chi connectivity index (χ0v) is 12.8. The quantitative estimate of drug-likeness (QED) is 0.845. The van der Waals surface area contributed by atoms with Crippen molar-refractivity contribution in [2.24, 2.45) is 0 Å². The minimum Gasteiger partial charge on any atom is -0.490 e. The van der Waals surface area contributed by atoms with E-state index in [1.807, 2.05) is 0 Å². The third kappa shape index (κ3) is 3.71. The Morgan fingerprint density at radius 1 is 1.35 bits per heavy atom. The van der Waals surface area contributed by atoms with Crippen LogP contribution < -0.4 is 9.64 Å². The van der Waals surface area contributed by atoms with E-state index in [-0.39, 0.29) is 5.15 Å². The topological polar surface area (TPSA) is 67.7 Å². The predicted molar refractivity (Wildman–Crippen MR) is 76.6 cm³/mol. The summed E-state index contributed by atoms with van der Waals surface area (Å²) in [6, 6.07) is 0. The van der Waals surface area contributed by atoms with Gasteiger partial charge in [-0.25, -0.2) is 9.97 Å². The molecule has 0 aromatic carbocycles. The normalized spacial score (nSPS) is 16.4. The fraction of sp³-hybridized carbons (Fsp3) is 0.692. The second-order valence-corrected chi connectivity index (χ2v) is 5.73. The molecule has 1 aliphatic rings. The number of ether oxygens (including phenoxy) is 2. The van der Waals surface area contributed by atoms with Crippen LogP contribution in [0.2, 0.25) is 5.15 Å². The van der Waals surface area contributed by atoms with Gasteiger partial charge in [-0.1, -0.05) is 11.6 Å². The molecule has 1 saturated heterocycles. The number of hydrogen-bond donors (Lipinski definition) is 1. The number of halogens is 1. The number of rotatable bonds is 4. The van der Waals surface area contributed by atoms with Gasteiger partial charge in [-0.05, 0) is 13.8 Å². The maximum Gasteiger partial charge on any atom is 0.199 e. The van der Waals surface area contributed by atoms with E-state index in [1.165, 1.54) is 0 Å². The summed E-state index contributed by atoms with van der Waals surface area (Å²) in [5, 5.41) is 10.2. The third-order valence-electron chi connectivity index (χ3n) is 2.96. The molecule has 20 heavy (non-hydrogen) atoms. The molecule has 2 heterocycles. The molecular weight excluding hydrogens is 282 g/mol. The van der Waals surface area contributed by atoms with E-state index in [9.17, 15) is 5.11 Å². The van der Waals surface area contributed by atoms with Crippen LogP contribution >= 0.6 is 11.6 Å². The number of anilines is 1. The van der Waals surface area contributed by atoms with Crippen molar-refractivity contribution in [2.45, 2.75) is 25.9 Å². The van der Waals surface area contributed by atoms with Crippen LogP contribution in [0.4, 0.5) is 5.82 Å². The molecule has 6 nitrogen and oxygen atoms in total. The zero-order valence-electron chi connectivity index (χ0n) is 12.0. The zero-order chi connectivity index (χ0) is 14.8. The smallest absolute Gasteiger partial charge is 0.199 e. The lowest BCUT2D eigenvalue weighted by Gasteiger charge is -2.29. The van der Waals surface area contributed by atoms with Crippen molar-refractivity contribution in [3.8, 4) is 5.75 Å². The lowest BCUT2D eigenvalue weighted by atomic mass is 10.1. The average molecular weight is 302 g/mol. The summed E-state index contributed by atoms with van der Waals surface area (Å²) in [4.78, 5) is 10.8. The Balaban J connectivity index is 2.36. The maximum absolute atomic E-state index is 9.90. The summed E-state index contributed by atoms with van der Waals surface area (Å²) in [5.74, 6) is 1.63. The Morgan fingerprint density at radius 3 is 2.55 bits per heavy atom. The lowest BCUT2D eigenvalue weighted by Crippen LogP contribution is -2.37. The number of hydrogen-bond acceptors (Lipinski definition) is 6. The summed E-state index contributed by atoms with van der Waals surface area (Å²) in [5.41, 5.74) is -0.889. The van der Waals surface area contributed by atoms with Crippen molar-refractivity contribution < 1.29 is 14.6 Å². The molecule has 7 heteroatoms. The highest BCUT2D eigenvalue weighted by Gasteiger charge is 2.23. The molecule has 0 bridgehead atoms. The largest absolute Gasteiger partial charge is 0.490 e. The van der Waals surface area contributed by atoms with Gasteiger partial charge in [0.15, 0.2) is 16.7 Å². The minimum atomic E-state index is -0.889. The van der Waals surface area contributed by atoms with E-state index in [2.05, 4.69) is 14.9 Å². The van der Waals surface area contributed by atoms with Gasteiger partial charge in [0, 0.05) is 19.5 Å². The molecule has 0 saturated carbocycles. The van der Waals surface area contributed by atoms with Crippen LogP contribution in [0.25, 0.3) is 0 Å². The first-order valence-corrected chi connectivity index (χ1v) is 6.94. The van der Waals surface area contributed by atoms with Gasteiger partial charge in [0.05, 0.1) is 25.9 Å². The van der Waals surface area contributed by atoms with E-state index in [4.69, 9.17) is 21.1 Å². The molecule has 0 radical (unpaired) electrons. The van der Waals surface area contributed by atoms with Crippen LogP contribution in [-0.2, 0) is 11.2 Å². The first-order chi connectivity index (χ1) is 9.40. The van der Waals surface area contributed by atoms with Gasteiger partial charge in [-0.2, -0.15) is 0 Å². The molecule has 112 valence electrons. The van der Waals surface area contributed by atoms with Crippen molar-refractivity contribution >= 4 is 17.4 Å². The first kappa shape index (κ1) is 15.3. The fourth-order valence-electron chi connectivity index (χ4n) is 2.09. The summed E-state index contributed by atoms with van der Waals surface area (Å²) in [6.07, 6.45) is 0.327. The number of aliphatic hydroxyl groups is 1. The fourth-order valence-corrected chi connectivity index (χ4v) is 2.34. The van der Waals surface area contributed by atoms with E-state index in [0.29, 0.717) is 37.0 Å². The van der Waals surface area contributed by atoms with Crippen molar-refractivity contribution in [1.82, 2.24) is 9.97 Å². The summed E-state index contributed by atoms with van der Waals surface area (Å²) in [6.45, 7) is 6.17. The standard InChI is InChI=1S/C13H20ClN3O3/c1-13(2,18)8-9-15-11(14)10(19-3)12(16-9)17-4-6-20-7-5-17/h18H,4-8H2,1-3H3. The summed E-state index contributed by atoms with van der Waals surface area (Å²) >= 11 is 6.17. The number of morpholine rings is 1. The van der Waals surface area contributed by atoms with Crippen LogP contribution in [0, 0.1) is 0 Å². The molecule has 0 aliphatic carbocycles. The molecule has 2 rings (SSSR count). The minimum absolute atomic E-state index is 0.267. The first-order valence-electron chi connectivity index (χ1n) is 6.56. The van der Waals surface area contributed by atoms with Gasteiger partial charge in [-0.15, -0.1) is 0 Å². The van der Waals surface area contributed by atoms with Crippen molar-refractivity contribution in [3.05, 3.63) is 11.0 Å². The van der Waals surface area contributed by atoms with Gasteiger partial charge in [0.2, 0.25) is 0 Å². The highest BCUT2D eigenvalue weighted by molar-refractivity contribution is 6.31. The molecule has 0 amide bonds. The van der Waals surface area contributed by atoms with Crippen LogP contribution in [0.3, 0.4) is 0 Å². The molecule has 1 aromatic rings. The lowest BCUT2D eigenvalue weighted by molar-refractivity contribution is 0.0787. The van der Waals surface area contributed by atoms with E-state index in [0.717, 1.165) is 13.1 Å². The second-order valence-electron chi connectivity index (χ2n) is 5.38. The SMILES string of the molecule is COc1c(Cl)nc(CC(C)(C)O)nc1N1CCOCC1.